The minimum absolute atomic E-state index is 0.860. The zero-order valence-corrected chi connectivity index (χ0v) is 12.9. The normalized spacial score (nSPS) is 22.8. The van der Waals surface area contributed by atoms with Gasteiger partial charge in [-0.2, -0.15) is 0 Å². The van der Waals surface area contributed by atoms with E-state index in [4.69, 9.17) is 0 Å². The van der Waals surface area contributed by atoms with E-state index in [1.807, 2.05) is 0 Å². The molecule has 1 atom stereocenters. The van der Waals surface area contributed by atoms with Crippen LogP contribution in [-0.4, -0.2) is 32.7 Å². The Morgan fingerprint density at radius 2 is 2.26 bits per heavy atom. The first-order valence-corrected chi connectivity index (χ1v) is 8.11. The summed E-state index contributed by atoms with van der Waals surface area (Å²) in [5.41, 5.74) is 2.63. The predicted octanol–water partition coefficient (Wildman–Crippen LogP) is 3.07. The molecule has 104 valence electrons. The maximum absolute atomic E-state index is 3.58. The Morgan fingerprint density at radius 3 is 3.11 bits per heavy atom. The molecule has 0 saturated carbocycles. The molecule has 3 rings (SSSR count). The monoisotopic (exact) mass is 323 g/mol. The van der Waals surface area contributed by atoms with Crippen LogP contribution in [0.2, 0.25) is 0 Å². The lowest BCUT2D eigenvalue weighted by molar-refractivity contribution is 0.359. The van der Waals surface area contributed by atoms with Crippen LogP contribution in [0, 0.1) is 5.92 Å². The van der Waals surface area contributed by atoms with Crippen LogP contribution in [0.1, 0.15) is 19.3 Å². The lowest BCUT2D eigenvalue weighted by Gasteiger charge is -2.34. The highest BCUT2D eigenvalue weighted by Crippen LogP contribution is 2.32. The summed E-state index contributed by atoms with van der Waals surface area (Å²) in [5.74, 6) is 0.860. The van der Waals surface area contributed by atoms with Gasteiger partial charge in [-0.3, -0.25) is 0 Å². The van der Waals surface area contributed by atoms with Gasteiger partial charge in [-0.15, -0.1) is 0 Å². The number of hydrogen-bond donors (Lipinski definition) is 2. The fraction of sp³-hybridized carbons (Fsp3) is 0.600. The first kappa shape index (κ1) is 13.3. The Morgan fingerprint density at radius 1 is 1.32 bits per heavy atom. The number of anilines is 2. The Kier molecular flexibility index (Phi) is 4.28. The van der Waals surface area contributed by atoms with Crippen LogP contribution in [0.25, 0.3) is 0 Å². The van der Waals surface area contributed by atoms with Crippen LogP contribution in [0.5, 0.6) is 0 Å². The van der Waals surface area contributed by atoms with E-state index in [1.165, 1.54) is 54.7 Å². The third-order valence-electron chi connectivity index (χ3n) is 4.20. The molecule has 0 radical (unpaired) electrons. The minimum Gasteiger partial charge on any atom is -0.382 e. The maximum Gasteiger partial charge on any atom is 0.0613 e. The van der Waals surface area contributed by atoms with Gasteiger partial charge in [0.2, 0.25) is 0 Å². The van der Waals surface area contributed by atoms with Gasteiger partial charge in [-0.1, -0.05) is 15.9 Å². The molecule has 1 fully saturated rings. The molecule has 3 nitrogen and oxygen atoms in total. The zero-order chi connectivity index (χ0) is 13.1. The second-order valence-corrected chi connectivity index (χ2v) is 6.49. The molecule has 1 aromatic carbocycles. The van der Waals surface area contributed by atoms with Gasteiger partial charge >= 0.3 is 0 Å². The Hall–Kier alpha value is -0.740. The van der Waals surface area contributed by atoms with Gasteiger partial charge in [-0.05, 0) is 56.5 Å². The summed E-state index contributed by atoms with van der Waals surface area (Å²) in [5, 5.41) is 7.00. The Balaban J connectivity index is 1.64. The molecule has 0 bridgehead atoms. The van der Waals surface area contributed by atoms with Crippen LogP contribution in [0.4, 0.5) is 11.4 Å². The van der Waals surface area contributed by atoms with E-state index in [9.17, 15) is 0 Å². The Labute approximate surface area is 123 Å². The fourth-order valence-corrected chi connectivity index (χ4v) is 3.45. The molecule has 1 saturated heterocycles. The van der Waals surface area contributed by atoms with Crippen LogP contribution < -0.4 is 15.5 Å². The van der Waals surface area contributed by atoms with Gasteiger partial charge < -0.3 is 15.5 Å². The standard InChI is InChI=1S/C15H22BrN3/c16-13-3-4-14-15(10-13)19(9-7-18-14)8-5-12-2-1-6-17-11-12/h3-4,10,12,17-18H,1-2,5-9,11H2. The summed E-state index contributed by atoms with van der Waals surface area (Å²) in [6.07, 6.45) is 4.04. The van der Waals surface area contributed by atoms with Gasteiger partial charge in [-0.25, -0.2) is 0 Å². The highest BCUT2D eigenvalue weighted by atomic mass is 79.9. The third kappa shape index (κ3) is 3.23. The van der Waals surface area contributed by atoms with Gasteiger partial charge in [0, 0.05) is 24.1 Å². The topological polar surface area (TPSA) is 27.3 Å². The first-order chi connectivity index (χ1) is 9.33. The van der Waals surface area contributed by atoms with Crippen molar-refractivity contribution in [3.05, 3.63) is 22.7 Å². The number of hydrogen-bond acceptors (Lipinski definition) is 3. The molecule has 2 N–H and O–H groups in total. The molecule has 2 heterocycles. The lowest BCUT2D eigenvalue weighted by atomic mass is 9.96. The number of benzene rings is 1. The van der Waals surface area contributed by atoms with Gasteiger partial charge in [0.1, 0.15) is 0 Å². The fourth-order valence-electron chi connectivity index (χ4n) is 3.10. The molecule has 4 heteroatoms. The van der Waals surface area contributed by atoms with E-state index < -0.39 is 0 Å². The van der Waals surface area contributed by atoms with Gasteiger partial charge in [0.05, 0.1) is 11.4 Å². The van der Waals surface area contributed by atoms with Crippen LogP contribution in [-0.2, 0) is 0 Å². The molecule has 0 aliphatic carbocycles. The molecule has 2 aliphatic rings. The maximum atomic E-state index is 3.58. The van der Waals surface area contributed by atoms with Crippen molar-refractivity contribution in [2.24, 2.45) is 5.92 Å². The van der Waals surface area contributed by atoms with E-state index in [0.717, 1.165) is 19.0 Å². The summed E-state index contributed by atoms with van der Waals surface area (Å²) in [6, 6.07) is 6.52. The SMILES string of the molecule is Brc1ccc2c(c1)N(CCC1CCCNC1)CCN2. The second-order valence-electron chi connectivity index (χ2n) is 5.58. The van der Waals surface area contributed by atoms with Crippen LogP contribution in [0.3, 0.4) is 0 Å². The van der Waals surface area contributed by atoms with E-state index in [1.54, 1.807) is 0 Å². The highest BCUT2D eigenvalue weighted by Gasteiger charge is 2.19. The third-order valence-corrected chi connectivity index (χ3v) is 4.70. The van der Waals surface area contributed by atoms with Crippen molar-refractivity contribution in [2.45, 2.75) is 19.3 Å². The van der Waals surface area contributed by atoms with Crippen molar-refractivity contribution in [3.63, 3.8) is 0 Å². The molecule has 2 aliphatic heterocycles. The summed E-state index contributed by atoms with van der Waals surface area (Å²) in [7, 11) is 0. The second kappa shape index (κ2) is 6.14. The summed E-state index contributed by atoms with van der Waals surface area (Å²) >= 11 is 3.58. The molecular formula is C15H22BrN3. The molecule has 19 heavy (non-hydrogen) atoms. The number of nitrogens with one attached hydrogen (secondary N) is 2. The van der Waals surface area contributed by atoms with Crippen LogP contribution in [0.15, 0.2) is 22.7 Å². The average Bonchev–Trinajstić information content (AvgIpc) is 2.46. The summed E-state index contributed by atoms with van der Waals surface area (Å²) in [6.45, 7) is 5.76. The molecule has 0 aromatic heterocycles. The van der Waals surface area contributed by atoms with Crippen LogP contribution >= 0.6 is 15.9 Å². The lowest BCUT2D eigenvalue weighted by Crippen LogP contribution is -2.37. The summed E-state index contributed by atoms with van der Waals surface area (Å²) in [4.78, 5) is 2.53. The Bertz CT molecular complexity index is 429. The first-order valence-electron chi connectivity index (χ1n) is 7.32. The molecule has 0 spiro atoms. The van der Waals surface area contributed by atoms with Crippen molar-refractivity contribution >= 4 is 27.3 Å². The number of halogens is 1. The highest BCUT2D eigenvalue weighted by molar-refractivity contribution is 9.10. The van der Waals surface area contributed by atoms with E-state index in [-0.39, 0.29) is 0 Å². The smallest absolute Gasteiger partial charge is 0.0613 e. The van der Waals surface area contributed by atoms with Crippen molar-refractivity contribution in [3.8, 4) is 0 Å². The number of nitrogens with zero attached hydrogens (tertiary/aromatic N) is 1. The molecule has 1 aromatic rings. The average molecular weight is 324 g/mol. The molecule has 0 amide bonds. The van der Waals surface area contributed by atoms with Crippen molar-refractivity contribution in [1.82, 2.24) is 5.32 Å². The molecule has 1 unspecified atom stereocenters. The van der Waals surface area contributed by atoms with Gasteiger partial charge in [0.25, 0.3) is 0 Å². The van der Waals surface area contributed by atoms with E-state index >= 15 is 0 Å². The van der Waals surface area contributed by atoms with Gasteiger partial charge in [0.15, 0.2) is 0 Å². The van der Waals surface area contributed by atoms with Crippen molar-refractivity contribution < 1.29 is 0 Å². The zero-order valence-electron chi connectivity index (χ0n) is 11.3. The minimum atomic E-state index is 0.860. The van der Waals surface area contributed by atoms with E-state index in [2.05, 4.69) is 49.7 Å². The number of piperidine rings is 1. The number of fused-ring (bicyclic) bond motifs is 1. The summed E-state index contributed by atoms with van der Waals surface area (Å²) < 4.78 is 1.17. The predicted molar refractivity (Wildman–Crippen MR) is 85.1 cm³/mol. The quantitative estimate of drug-likeness (QED) is 0.895. The number of rotatable bonds is 3. The van der Waals surface area contributed by atoms with Crippen molar-refractivity contribution in [1.29, 1.82) is 0 Å². The van der Waals surface area contributed by atoms with Crippen molar-refractivity contribution in [2.75, 3.05) is 42.9 Å². The van der Waals surface area contributed by atoms with E-state index in [0.29, 0.717) is 0 Å². The molecular weight excluding hydrogens is 302 g/mol. The largest absolute Gasteiger partial charge is 0.382 e.